The van der Waals surface area contributed by atoms with Gasteiger partial charge in [-0.1, -0.05) is 18.2 Å². The van der Waals surface area contributed by atoms with Crippen LogP contribution in [0.4, 0.5) is 0 Å². The lowest BCUT2D eigenvalue weighted by Crippen LogP contribution is -2.28. The third kappa shape index (κ3) is 5.61. The van der Waals surface area contributed by atoms with E-state index in [1.165, 1.54) is 0 Å². The van der Waals surface area contributed by atoms with Crippen LogP contribution in [-0.2, 0) is 16.0 Å². The summed E-state index contributed by atoms with van der Waals surface area (Å²) in [4.78, 5) is 2.26. The molecule has 22 heavy (non-hydrogen) atoms. The average Bonchev–Trinajstić information content (AvgIpc) is 3.05. The first-order valence-corrected chi connectivity index (χ1v) is 7.83. The molecule has 118 valence electrons. The number of hydrogen-bond acceptors (Lipinski definition) is 4. The van der Waals surface area contributed by atoms with E-state index in [1.807, 2.05) is 30.3 Å². The standard InChI is InChI=1S/C18H24N2O2/c1-2-8-20(9-11-21-15-18-7-4-10-22-18)14-17-6-3-5-16(12-17)13-19/h2-3,5-6,12,18H,1,4,7-11,14-15H2. The molecule has 1 atom stereocenters. The Morgan fingerprint density at radius 1 is 1.50 bits per heavy atom. The Morgan fingerprint density at radius 3 is 3.14 bits per heavy atom. The van der Waals surface area contributed by atoms with E-state index >= 15 is 0 Å². The first kappa shape index (κ1) is 16.7. The van der Waals surface area contributed by atoms with Crippen LogP contribution in [-0.4, -0.2) is 43.9 Å². The Bertz CT molecular complexity index is 504. The largest absolute Gasteiger partial charge is 0.377 e. The lowest BCUT2D eigenvalue weighted by molar-refractivity contribution is 0.0107. The molecule has 0 saturated carbocycles. The number of benzene rings is 1. The zero-order chi connectivity index (χ0) is 15.6. The van der Waals surface area contributed by atoms with E-state index < -0.39 is 0 Å². The van der Waals surface area contributed by atoms with Crippen molar-refractivity contribution < 1.29 is 9.47 Å². The van der Waals surface area contributed by atoms with E-state index in [4.69, 9.17) is 14.7 Å². The van der Waals surface area contributed by atoms with Crippen LogP contribution < -0.4 is 0 Å². The zero-order valence-electron chi connectivity index (χ0n) is 13.0. The minimum atomic E-state index is 0.278. The molecule has 1 aromatic carbocycles. The normalized spacial score (nSPS) is 17.5. The van der Waals surface area contributed by atoms with Gasteiger partial charge in [-0.2, -0.15) is 5.26 Å². The lowest BCUT2D eigenvalue weighted by Gasteiger charge is -2.21. The summed E-state index contributed by atoms with van der Waals surface area (Å²) < 4.78 is 11.3. The van der Waals surface area contributed by atoms with Crippen molar-refractivity contribution in [3.63, 3.8) is 0 Å². The minimum Gasteiger partial charge on any atom is -0.377 e. The van der Waals surface area contributed by atoms with Crippen LogP contribution >= 0.6 is 0 Å². The molecule has 1 saturated heterocycles. The minimum absolute atomic E-state index is 0.278. The topological polar surface area (TPSA) is 45.5 Å². The molecular weight excluding hydrogens is 276 g/mol. The summed E-state index contributed by atoms with van der Waals surface area (Å²) in [6, 6.07) is 9.91. The first-order chi connectivity index (χ1) is 10.8. The third-order valence-electron chi connectivity index (χ3n) is 3.73. The Morgan fingerprint density at radius 2 is 2.41 bits per heavy atom. The van der Waals surface area contributed by atoms with Gasteiger partial charge in [0.1, 0.15) is 0 Å². The number of nitrogens with zero attached hydrogens (tertiary/aromatic N) is 2. The summed E-state index contributed by atoms with van der Waals surface area (Å²) in [7, 11) is 0. The van der Waals surface area contributed by atoms with Gasteiger partial charge in [-0.3, -0.25) is 4.90 Å². The van der Waals surface area contributed by atoms with Gasteiger partial charge in [0.25, 0.3) is 0 Å². The van der Waals surface area contributed by atoms with Crippen molar-refractivity contribution in [2.75, 3.05) is 32.9 Å². The Hall–Kier alpha value is -1.67. The highest BCUT2D eigenvalue weighted by Gasteiger charge is 2.15. The van der Waals surface area contributed by atoms with Crippen molar-refractivity contribution in [2.45, 2.75) is 25.5 Å². The van der Waals surface area contributed by atoms with E-state index in [2.05, 4.69) is 17.5 Å². The second kappa shape index (κ2) is 9.37. The molecule has 0 amide bonds. The highest BCUT2D eigenvalue weighted by molar-refractivity contribution is 5.32. The molecule has 1 aromatic rings. The maximum Gasteiger partial charge on any atom is 0.0991 e. The molecule has 0 aromatic heterocycles. The molecule has 0 spiro atoms. The average molecular weight is 300 g/mol. The number of hydrogen-bond donors (Lipinski definition) is 0. The second-order valence-corrected chi connectivity index (χ2v) is 5.55. The fraction of sp³-hybridized carbons (Fsp3) is 0.500. The van der Waals surface area contributed by atoms with Gasteiger partial charge in [-0.05, 0) is 30.5 Å². The molecule has 1 heterocycles. The molecule has 4 nitrogen and oxygen atoms in total. The summed E-state index contributed by atoms with van der Waals surface area (Å²) in [5.74, 6) is 0. The van der Waals surface area contributed by atoms with Gasteiger partial charge in [-0.25, -0.2) is 0 Å². The molecule has 0 bridgehead atoms. The second-order valence-electron chi connectivity index (χ2n) is 5.55. The summed E-state index contributed by atoms with van der Waals surface area (Å²) in [6.07, 6.45) is 4.43. The lowest BCUT2D eigenvalue weighted by atomic mass is 10.1. The van der Waals surface area contributed by atoms with Crippen LogP contribution in [0.5, 0.6) is 0 Å². The molecular formula is C18H24N2O2. The van der Waals surface area contributed by atoms with E-state index in [1.54, 1.807) is 0 Å². The van der Waals surface area contributed by atoms with Gasteiger partial charge in [0.2, 0.25) is 0 Å². The molecule has 4 heteroatoms. The number of rotatable bonds is 9. The molecule has 1 fully saturated rings. The molecule has 1 aliphatic rings. The van der Waals surface area contributed by atoms with E-state index in [9.17, 15) is 0 Å². The van der Waals surface area contributed by atoms with Gasteiger partial charge < -0.3 is 9.47 Å². The third-order valence-corrected chi connectivity index (χ3v) is 3.73. The van der Waals surface area contributed by atoms with Crippen LogP contribution in [0.15, 0.2) is 36.9 Å². The van der Waals surface area contributed by atoms with E-state index in [-0.39, 0.29) is 6.10 Å². The maximum absolute atomic E-state index is 8.97. The fourth-order valence-corrected chi connectivity index (χ4v) is 2.60. The maximum atomic E-state index is 8.97. The van der Waals surface area contributed by atoms with Crippen molar-refractivity contribution in [2.24, 2.45) is 0 Å². The molecule has 0 N–H and O–H groups in total. The smallest absolute Gasteiger partial charge is 0.0991 e. The van der Waals surface area contributed by atoms with E-state index in [0.29, 0.717) is 18.8 Å². The summed E-state index contributed by atoms with van der Waals surface area (Å²) in [5, 5.41) is 8.97. The van der Waals surface area contributed by atoms with Gasteiger partial charge in [0, 0.05) is 26.2 Å². The molecule has 0 radical (unpaired) electrons. The van der Waals surface area contributed by atoms with Gasteiger partial charge in [-0.15, -0.1) is 6.58 Å². The van der Waals surface area contributed by atoms with Crippen molar-refractivity contribution in [1.29, 1.82) is 5.26 Å². The highest BCUT2D eigenvalue weighted by atomic mass is 16.5. The molecule has 0 aliphatic carbocycles. The van der Waals surface area contributed by atoms with Crippen molar-refractivity contribution in [3.8, 4) is 6.07 Å². The van der Waals surface area contributed by atoms with Crippen molar-refractivity contribution in [3.05, 3.63) is 48.0 Å². The van der Waals surface area contributed by atoms with E-state index in [0.717, 1.165) is 44.6 Å². The fourth-order valence-electron chi connectivity index (χ4n) is 2.60. The summed E-state index contributed by atoms with van der Waals surface area (Å²) in [6.45, 7) is 8.50. The SMILES string of the molecule is C=CCN(CCOCC1CCCO1)Cc1cccc(C#N)c1. The van der Waals surface area contributed by atoms with Crippen molar-refractivity contribution >= 4 is 0 Å². The molecule has 1 unspecified atom stereocenters. The monoisotopic (exact) mass is 300 g/mol. The van der Waals surface area contributed by atoms with Gasteiger partial charge >= 0.3 is 0 Å². The van der Waals surface area contributed by atoms with Gasteiger partial charge in [0.05, 0.1) is 31.0 Å². The Kier molecular flexibility index (Phi) is 7.11. The van der Waals surface area contributed by atoms with Crippen LogP contribution in [0.3, 0.4) is 0 Å². The number of nitriles is 1. The van der Waals surface area contributed by atoms with Gasteiger partial charge in [0.15, 0.2) is 0 Å². The summed E-state index contributed by atoms with van der Waals surface area (Å²) in [5.41, 5.74) is 1.84. The van der Waals surface area contributed by atoms with Crippen LogP contribution in [0.1, 0.15) is 24.0 Å². The predicted molar refractivity (Wildman–Crippen MR) is 86.4 cm³/mol. The van der Waals surface area contributed by atoms with Crippen LogP contribution in [0, 0.1) is 11.3 Å². The van der Waals surface area contributed by atoms with Crippen LogP contribution in [0.25, 0.3) is 0 Å². The highest BCUT2D eigenvalue weighted by Crippen LogP contribution is 2.12. The quantitative estimate of drug-likeness (QED) is 0.519. The van der Waals surface area contributed by atoms with Crippen molar-refractivity contribution in [1.82, 2.24) is 4.90 Å². The predicted octanol–water partition coefficient (Wildman–Crippen LogP) is 2.74. The first-order valence-electron chi connectivity index (χ1n) is 7.83. The van der Waals surface area contributed by atoms with Crippen LogP contribution in [0.2, 0.25) is 0 Å². The number of ether oxygens (including phenoxy) is 2. The Balaban J connectivity index is 1.76. The molecule has 2 rings (SSSR count). The Labute approximate surface area is 132 Å². The summed E-state index contributed by atoms with van der Waals surface area (Å²) >= 11 is 0. The zero-order valence-corrected chi connectivity index (χ0v) is 13.0. The molecule has 1 aliphatic heterocycles.